The molecule has 1 fully saturated rings. The molecule has 0 radical (unpaired) electrons. The number of rotatable bonds is 3. The molecule has 2 unspecified atom stereocenters. The molecule has 0 saturated carbocycles. The molecule has 1 heterocycles. The SMILES string of the molecule is C=CC1(O[Si](C)(C)C(C)(C)C)C(=O)O[C@H](C)C(C)[C@H]1O. The van der Waals surface area contributed by atoms with Crippen LogP contribution in [0.4, 0.5) is 0 Å². The lowest BCUT2D eigenvalue weighted by molar-refractivity contribution is -0.199. The highest BCUT2D eigenvalue weighted by molar-refractivity contribution is 6.74. The molecule has 0 aromatic rings. The number of carbonyl (C=O) groups excluding carboxylic acids is 1. The van der Waals surface area contributed by atoms with Crippen molar-refractivity contribution >= 4 is 14.3 Å². The highest BCUT2D eigenvalue weighted by Gasteiger charge is 2.57. The number of hydrogen-bond acceptors (Lipinski definition) is 4. The molecule has 116 valence electrons. The Labute approximate surface area is 123 Å². The fraction of sp³-hybridized carbons (Fsp3) is 0.800. The summed E-state index contributed by atoms with van der Waals surface area (Å²) >= 11 is 0. The van der Waals surface area contributed by atoms with Crippen LogP contribution >= 0.6 is 0 Å². The summed E-state index contributed by atoms with van der Waals surface area (Å²) in [6.07, 6.45) is 0.141. The maximum atomic E-state index is 12.4. The maximum absolute atomic E-state index is 12.4. The number of carbonyl (C=O) groups is 1. The smallest absolute Gasteiger partial charge is 0.344 e. The van der Waals surface area contributed by atoms with Crippen molar-refractivity contribution in [3.63, 3.8) is 0 Å². The van der Waals surface area contributed by atoms with E-state index in [0.29, 0.717) is 0 Å². The number of aliphatic hydroxyl groups excluding tert-OH is 1. The van der Waals surface area contributed by atoms with Gasteiger partial charge in [-0.2, -0.15) is 0 Å². The molecule has 0 aromatic carbocycles. The van der Waals surface area contributed by atoms with Crippen molar-refractivity contribution in [3.05, 3.63) is 12.7 Å². The molecule has 0 aromatic heterocycles. The lowest BCUT2D eigenvalue weighted by Gasteiger charge is -2.49. The third-order valence-corrected chi connectivity index (χ3v) is 9.28. The zero-order valence-electron chi connectivity index (χ0n) is 13.7. The van der Waals surface area contributed by atoms with Crippen LogP contribution in [0.25, 0.3) is 0 Å². The molecule has 0 spiro atoms. The Morgan fingerprint density at radius 3 is 2.30 bits per heavy atom. The van der Waals surface area contributed by atoms with Crippen LogP contribution in [-0.4, -0.2) is 37.2 Å². The summed E-state index contributed by atoms with van der Waals surface area (Å²) in [4.78, 5) is 12.4. The van der Waals surface area contributed by atoms with Crippen LogP contribution in [0.1, 0.15) is 34.6 Å². The zero-order chi connectivity index (χ0) is 15.9. The zero-order valence-corrected chi connectivity index (χ0v) is 14.7. The minimum absolute atomic E-state index is 0.0741. The maximum Gasteiger partial charge on any atom is 0.344 e. The summed E-state index contributed by atoms with van der Waals surface area (Å²) < 4.78 is 11.6. The fourth-order valence-electron chi connectivity index (χ4n) is 2.06. The summed E-state index contributed by atoms with van der Waals surface area (Å²) in [6, 6.07) is 0. The minimum atomic E-state index is -2.25. The monoisotopic (exact) mass is 300 g/mol. The normalized spacial score (nSPS) is 35.6. The van der Waals surface area contributed by atoms with Gasteiger partial charge in [-0.05, 0) is 31.1 Å². The van der Waals surface area contributed by atoms with Gasteiger partial charge in [0.15, 0.2) is 13.9 Å². The van der Waals surface area contributed by atoms with E-state index >= 15 is 0 Å². The van der Waals surface area contributed by atoms with Crippen molar-refractivity contribution in [2.75, 3.05) is 0 Å². The van der Waals surface area contributed by atoms with E-state index in [1.807, 2.05) is 20.0 Å². The second-order valence-corrected chi connectivity index (χ2v) is 12.0. The molecule has 1 aliphatic heterocycles. The lowest BCUT2D eigenvalue weighted by Crippen LogP contribution is -2.64. The molecular formula is C15H28O4Si. The summed E-state index contributed by atoms with van der Waals surface area (Å²) in [5.41, 5.74) is -1.45. The van der Waals surface area contributed by atoms with Gasteiger partial charge >= 0.3 is 5.97 Å². The molecule has 0 aliphatic carbocycles. The number of cyclic esters (lactones) is 1. The molecule has 1 N–H and O–H groups in total. The summed E-state index contributed by atoms with van der Waals surface area (Å²) in [5, 5.41) is 10.5. The molecule has 4 nitrogen and oxygen atoms in total. The van der Waals surface area contributed by atoms with E-state index in [0.717, 1.165) is 0 Å². The van der Waals surface area contributed by atoms with Crippen molar-refractivity contribution in [3.8, 4) is 0 Å². The molecule has 1 rings (SSSR count). The van der Waals surface area contributed by atoms with E-state index in [-0.39, 0.29) is 17.1 Å². The second kappa shape index (κ2) is 5.28. The van der Waals surface area contributed by atoms with Gasteiger partial charge in [-0.15, -0.1) is 0 Å². The predicted octanol–water partition coefficient (Wildman–Crippen LogP) is 2.88. The first kappa shape index (κ1) is 17.4. The Kier molecular flexibility index (Phi) is 4.59. The van der Waals surface area contributed by atoms with E-state index < -0.39 is 26.0 Å². The molecular weight excluding hydrogens is 272 g/mol. The molecule has 0 bridgehead atoms. The third kappa shape index (κ3) is 2.71. The van der Waals surface area contributed by atoms with Crippen LogP contribution in [0.5, 0.6) is 0 Å². The Balaban J connectivity index is 3.21. The van der Waals surface area contributed by atoms with Crippen LogP contribution in [-0.2, 0) is 14.0 Å². The second-order valence-electron chi connectivity index (χ2n) is 7.27. The van der Waals surface area contributed by atoms with Crippen molar-refractivity contribution in [2.45, 2.75) is 70.6 Å². The van der Waals surface area contributed by atoms with Gasteiger partial charge in [0.1, 0.15) is 12.2 Å². The largest absolute Gasteiger partial charge is 0.460 e. The van der Waals surface area contributed by atoms with Crippen LogP contribution in [0, 0.1) is 5.92 Å². The predicted molar refractivity (Wildman–Crippen MR) is 81.9 cm³/mol. The third-order valence-electron chi connectivity index (χ3n) is 4.82. The summed E-state index contributed by atoms with van der Waals surface area (Å²) in [7, 11) is -2.25. The number of hydrogen-bond donors (Lipinski definition) is 1. The van der Waals surface area contributed by atoms with E-state index in [4.69, 9.17) is 9.16 Å². The van der Waals surface area contributed by atoms with Crippen molar-refractivity contribution in [1.82, 2.24) is 0 Å². The van der Waals surface area contributed by atoms with Crippen LogP contribution in [0.15, 0.2) is 12.7 Å². The van der Waals surface area contributed by atoms with Gasteiger partial charge in [0.05, 0.1) is 0 Å². The molecule has 20 heavy (non-hydrogen) atoms. The van der Waals surface area contributed by atoms with Gasteiger partial charge in [-0.25, -0.2) is 4.79 Å². The molecule has 1 aliphatic rings. The van der Waals surface area contributed by atoms with Gasteiger partial charge in [-0.1, -0.05) is 34.3 Å². The molecule has 1 saturated heterocycles. The van der Waals surface area contributed by atoms with E-state index in [9.17, 15) is 9.90 Å². The average molecular weight is 300 g/mol. The average Bonchev–Trinajstić information content (AvgIpc) is 2.30. The molecule has 5 heteroatoms. The number of ether oxygens (including phenoxy) is 1. The van der Waals surface area contributed by atoms with Gasteiger partial charge in [-0.3, -0.25) is 0 Å². The summed E-state index contributed by atoms with van der Waals surface area (Å²) in [5.74, 6) is -0.731. The first-order valence-electron chi connectivity index (χ1n) is 7.12. The van der Waals surface area contributed by atoms with Crippen LogP contribution in [0.3, 0.4) is 0 Å². The van der Waals surface area contributed by atoms with Gasteiger partial charge in [0.2, 0.25) is 0 Å². The Morgan fingerprint density at radius 1 is 1.40 bits per heavy atom. The minimum Gasteiger partial charge on any atom is -0.460 e. The first-order valence-corrected chi connectivity index (χ1v) is 10.0. The van der Waals surface area contributed by atoms with Crippen LogP contribution in [0.2, 0.25) is 18.1 Å². The number of esters is 1. The highest BCUT2D eigenvalue weighted by Crippen LogP contribution is 2.43. The van der Waals surface area contributed by atoms with Crippen molar-refractivity contribution in [2.24, 2.45) is 5.92 Å². The molecule has 4 atom stereocenters. The van der Waals surface area contributed by atoms with E-state index in [1.54, 1.807) is 6.92 Å². The Hall–Kier alpha value is -0.653. The molecule has 0 amide bonds. The highest BCUT2D eigenvalue weighted by atomic mass is 28.4. The van der Waals surface area contributed by atoms with Gasteiger partial charge in [0, 0.05) is 5.92 Å². The van der Waals surface area contributed by atoms with Gasteiger partial charge in [0.25, 0.3) is 0 Å². The van der Waals surface area contributed by atoms with Crippen LogP contribution < -0.4 is 0 Å². The first-order chi connectivity index (χ1) is 8.89. The van der Waals surface area contributed by atoms with Crippen molar-refractivity contribution in [1.29, 1.82) is 0 Å². The van der Waals surface area contributed by atoms with E-state index in [1.165, 1.54) is 6.08 Å². The quantitative estimate of drug-likeness (QED) is 0.495. The van der Waals surface area contributed by atoms with Crippen molar-refractivity contribution < 1.29 is 19.1 Å². The summed E-state index contributed by atoms with van der Waals surface area (Å²) in [6.45, 7) is 17.7. The van der Waals surface area contributed by atoms with E-state index in [2.05, 4.69) is 27.4 Å². The fourth-order valence-corrected chi connectivity index (χ4v) is 3.50. The number of aliphatic hydroxyl groups is 1. The Bertz CT molecular complexity index is 399. The topological polar surface area (TPSA) is 55.8 Å². The van der Waals surface area contributed by atoms with Gasteiger partial charge < -0.3 is 14.3 Å². The Morgan fingerprint density at radius 2 is 1.90 bits per heavy atom. The standard InChI is InChI=1S/C15H28O4Si/c1-9-15(19-20(7,8)14(4,5)6)12(16)10(2)11(3)18-13(15)17/h9-12,16H,1H2,2-8H3/t10?,11-,12-,15?/m1/s1. The lowest BCUT2D eigenvalue weighted by atomic mass is 9.82.